The summed E-state index contributed by atoms with van der Waals surface area (Å²) < 4.78 is 39.0. The Balaban J connectivity index is 2.04. The Labute approximate surface area is 115 Å². The van der Waals surface area contributed by atoms with Gasteiger partial charge in [0.15, 0.2) is 17.5 Å². The summed E-state index contributed by atoms with van der Waals surface area (Å²) in [4.78, 5) is 11.9. The lowest BCUT2D eigenvalue weighted by Gasteiger charge is -2.28. The zero-order valence-electron chi connectivity index (χ0n) is 11.2. The Morgan fingerprint density at radius 2 is 1.80 bits per heavy atom. The second kappa shape index (κ2) is 6.26. The highest BCUT2D eigenvalue weighted by atomic mass is 19.2. The molecule has 1 amide bonds. The predicted molar refractivity (Wildman–Crippen MR) is 68.8 cm³/mol. The molecule has 20 heavy (non-hydrogen) atoms. The Morgan fingerprint density at radius 1 is 1.25 bits per heavy atom. The van der Waals surface area contributed by atoms with E-state index in [4.69, 9.17) is 0 Å². The Morgan fingerprint density at radius 3 is 2.35 bits per heavy atom. The SMILES string of the molecule is CC(NC(=O)c1cc(F)c(F)c(F)c1)C1CCNCC1. The molecular formula is C14H17F3N2O. The maximum absolute atomic E-state index is 13.1. The van der Waals surface area contributed by atoms with E-state index in [1.165, 1.54) is 0 Å². The van der Waals surface area contributed by atoms with E-state index in [-0.39, 0.29) is 11.6 Å². The summed E-state index contributed by atoms with van der Waals surface area (Å²) in [5.41, 5.74) is -0.206. The van der Waals surface area contributed by atoms with Gasteiger partial charge in [0.25, 0.3) is 5.91 Å². The molecule has 0 radical (unpaired) electrons. The van der Waals surface area contributed by atoms with E-state index >= 15 is 0 Å². The molecule has 0 spiro atoms. The molecule has 0 saturated carbocycles. The van der Waals surface area contributed by atoms with Crippen LogP contribution in [0.1, 0.15) is 30.1 Å². The largest absolute Gasteiger partial charge is 0.349 e. The maximum atomic E-state index is 13.1. The number of benzene rings is 1. The molecule has 1 aliphatic rings. The molecule has 1 heterocycles. The first-order valence-corrected chi connectivity index (χ1v) is 6.65. The fraction of sp³-hybridized carbons (Fsp3) is 0.500. The molecule has 0 aromatic heterocycles. The van der Waals surface area contributed by atoms with E-state index in [9.17, 15) is 18.0 Å². The van der Waals surface area contributed by atoms with Crippen molar-refractivity contribution in [3.63, 3.8) is 0 Å². The van der Waals surface area contributed by atoms with Gasteiger partial charge >= 0.3 is 0 Å². The molecule has 0 bridgehead atoms. The van der Waals surface area contributed by atoms with Crippen LogP contribution in [0.4, 0.5) is 13.2 Å². The number of rotatable bonds is 3. The summed E-state index contributed by atoms with van der Waals surface area (Å²) >= 11 is 0. The highest BCUT2D eigenvalue weighted by Crippen LogP contribution is 2.17. The van der Waals surface area contributed by atoms with Crippen molar-refractivity contribution >= 4 is 5.91 Å². The van der Waals surface area contributed by atoms with Crippen molar-refractivity contribution in [2.24, 2.45) is 5.92 Å². The topological polar surface area (TPSA) is 41.1 Å². The number of carbonyl (C=O) groups excluding carboxylic acids is 1. The minimum absolute atomic E-state index is 0.0965. The summed E-state index contributed by atoms with van der Waals surface area (Å²) in [5, 5.41) is 5.94. The van der Waals surface area contributed by atoms with Crippen LogP contribution in [0.5, 0.6) is 0 Å². The Bertz CT molecular complexity index is 478. The van der Waals surface area contributed by atoms with Gasteiger partial charge in [-0.1, -0.05) is 0 Å². The summed E-state index contributed by atoms with van der Waals surface area (Å²) in [6.07, 6.45) is 1.88. The molecule has 1 aromatic rings. The van der Waals surface area contributed by atoms with E-state index in [0.29, 0.717) is 18.1 Å². The molecule has 1 saturated heterocycles. The van der Waals surface area contributed by atoms with Crippen LogP contribution in [0.25, 0.3) is 0 Å². The minimum Gasteiger partial charge on any atom is -0.349 e. The molecule has 110 valence electrons. The minimum atomic E-state index is -1.56. The molecule has 3 nitrogen and oxygen atoms in total. The molecule has 2 rings (SSSR count). The van der Waals surface area contributed by atoms with Crippen LogP contribution < -0.4 is 10.6 Å². The number of hydrogen-bond donors (Lipinski definition) is 2. The van der Waals surface area contributed by atoms with Gasteiger partial charge in [-0.25, -0.2) is 13.2 Å². The Hall–Kier alpha value is -1.56. The van der Waals surface area contributed by atoms with Crippen molar-refractivity contribution in [3.05, 3.63) is 35.1 Å². The van der Waals surface area contributed by atoms with E-state index in [2.05, 4.69) is 10.6 Å². The van der Waals surface area contributed by atoms with Gasteiger partial charge in [-0.2, -0.15) is 0 Å². The molecule has 6 heteroatoms. The normalized spacial score (nSPS) is 17.8. The highest BCUT2D eigenvalue weighted by Gasteiger charge is 2.22. The van der Waals surface area contributed by atoms with Gasteiger partial charge in [0.1, 0.15) is 0 Å². The monoisotopic (exact) mass is 286 g/mol. The molecule has 1 unspecified atom stereocenters. The molecule has 1 atom stereocenters. The zero-order chi connectivity index (χ0) is 14.7. The van der Waals surface area contributed by atoms with Crippen LogP contribution in [-0.4, -0.2) is 25.0 Å². The maximum Gasteiger partial charge on any atom is 0.251 e. The quantitative estimate of drug-likeness (QED) is 0.837. The van der Waals surface area contributed by atoms with Gasteiger partial charge in [0.2, 0.25) is 0 Å². The van der Waals surface area contributed by atoms with E-state index in [0.717, 1.165) is 25.9 Å². The van der Waals surface area contributed by atoms with Crippen molar-refractivity contribution in [2.75, 3.05) is 13.1 Å². The van der Waals surface area contributed by atoms with E-state index < -0.39 is 23.4 Å². The average molecular weight is 286 g/mol. The Kier molecular flexibility index (Phi) is 4.65. The first-order valence-electron chi connectivity index (χ1n) is 6.65. The van der Waals surface area contributed by atoms with Gasteiger partial charge in [0, 0.05) is 11.6 Å². The summed E-state index contributed by atoms with van der Waals surface area (Å²) in [6.45, 7) is 3.65. The number of halogens is 3. The number of hydrogen-bond acceptors (Lipinski definition) is 2. The lowest BCUT2D eigenvalue weighted by molar-refractivity contribution is 0.0919. The molecule has 1 aromatic carbocycles. The van der Waals surface area contributed by atoms with Crippen LogP contribution in [0.15, 0.2) is 12.1 Å². The van der Waals surface area contributed by atoms with Crippen molar-refractivity contribution in [1.82, 2.24) is 10.6 Å². The van der Waals surface area contributed by atoms with Crippen molar-refractivity contribution in [3.8, 4) is 0 Å². The van der Waals surface area contributed by atoms with Gasteiger partial charge in [-0.15, -0.1) is 0 Å². The number of nitrogens with one attached hydrogen (secondary N) is 2. The van der Waals surface area contributed by atoms with Gasteiger partial charge < -0.3 is 10.6 Å². The van der Waals surface area contributed by atoms with Crippen molar-refractivity contribution < 1.29 is 18.0 Å². The second-order valence-corrected chi connectivity index (χ2v) is 5.10. The summed E-state index contributed by atoms with van der Waals surface area (Å²) in [5.74, 6) is -4.54. The molecule has 2 N–H and O–H groups in total. The third-order valence-corrected chi connectivity index (χ3v) is 3.70. The smallest absolute Gasteiger partial charge is 0.251 e. The molecule has 0 aliphatic carbocycles. The van der Waals surface area contributed by atoms with Gasteiger partial charge in [0.05, 0.1) is 0 Å². The fourth-order valence-electron chi connectivity index (χ4n) is 2.44. The average Bonchev–Trinajstić information content (AvgIpc) is 2.45. The summed E-state index contributed by atoms with van der Waals surface area (Å²) in [6, 6.07) is 1.33. The van der Waals surface area contributed by atoms with Crippen LogP contribution in [0.2, 0.25) is 0 Å². The number of piperidine rings is 1. The van der Waals surface area contributed by atoms with Crippen molar-refractivity contribution in [1.29, 1.82) is 0 Å². The third kappa shape index (κ3) is 3.30. The van der Waals surface area contributed by atoms with Crippen LogP contribution in [-0.2, 0) is 0 Å². The predicted octanol–water partition coefficient (Wildman–Crippen LogP) is 2.22. The molecule has 1 aliphatic heterocycles. The summed E-state index contributed by atoms with van der Waals surface area (Å²) in [7, 11) is 0. The van der Waals surface area contributed by atoms with Crippen molar-refractivity contribution in [2.45, 2.75) is 25.8 Å². The standard InChI is InChI=1S/C14H17F3N2O/c1-8(9-2-4-18-5-3-9)19-14(20)10-6-11(15)13(17)12(16)7-10/h6-9,18H,2-5H2,1H3,(H,19,20). The van der Waals surface area contributed by atoms with E-state index in [1.54, 1.807) is 0 Å². The lowest BCUT2D eigenvalue weighted by Crippen LogP contribution is -2.42. The first kappa shape index (κ1) is 14.8. The fourth-order valence-corrected chi connectivity index (χ4v) is 2.44. The highest BCUT2D eigenvalue weighted by molar-refractivity contribution is 5.94. The molecule has 1 fully saturated rings. The van der Waals surface area contributed by atoms with Gasteiger partial charge in [-0.3, -0.25) is 4.79 Å². The van der Waals surface area contributed by atoms with Crippen LogP contribution in [0.3, 0.4) is 0 Å². The first-order chi connectivity index (χ1) is 9.49. The lowest BCUT2D eigenvalue weighted by atomic mass is 9.91. The number of amides is 1. The number of carbonyl (C=O) groups is 1. The zero-order valence-corrected chi connectivity index (χ0v) is 11.2. The second-order valence-electron chi connectivity index (χ2n) is 5.10. The van der Waals surface area contributed by atoms with Crippen LogP contribution in [0, 0.1) is 23.4 Å². The van der Waals surface area contributed by atoms with Crippen LogP contribution >= 0.6 is 0 Å². The third-order valence-electron chi connectivity index (χ3n) is 3.70. The van der Waals surface area contributed by atoms with E-state index in [1.807, 2.05) is 6.92 Å². The van der Waals surface area contributed by atoms with Gasteiger partial charge in [-0.05, 0) is 50.9 Å². The molecular weight excluding hydrogens is 269 g/mol.